The number of carbonyl (C=O) groups excluding carboxylic acids is 2. The van der Waals surface area contributed by atoms with Gasteiger partial charge < -0.3 is 4.74 Å². The van der Waals surface area contributed by atoms with Gasteiger partial charge in [-0.1, -0.05) is 20.8 Å². The maximum atomic E-state index is 11.2. The monoisotopic (exact) mass is 197 g/mol. The number of carbonyl (C=O) groups is 2. The molecule has 0 spiro atoms. The van der Waals surface area contributed by atoms with Crippen LogP contribution < -0.4 is 5.32 Å². The molecule has 0 aromatic heterocycles. The zero-order chi connectivity index (χ0) is 10.8. The molecule has 1 saturated heterocycles. The summed E-state index contributed by atoms with van der Waals surface area (Å²) in [7, 11) is 0. The molecule has 1 rings (SSSR count). The number of imide groups is 1. The highest BCUT2D eigenvalue weighted by molar-refractivity contribution is 6.07. The first kappa shape index (κ1) is 10.8. The molecule has 0 bridgehead atoms. The Morgan fingerprint density at radius 3 is 2.29 bits per heavy atom. The van der Waals surface area contributed by atoms with Gasteiger partial charge in [0, 0.05) is 0 Å². The molecule has 1 aliphatic heterocycles. The van der Waals surface area contributed by atoms with Crippen LogP contribution in [0.15, 0.2) is 11.8 Å². The van der Waals surface area contributed by atoms with Crippen molar-refractivity contribution in [2.45, 2.75) is 33.6 Å². The van der Waals surface area contributed by atoms with E-state index in [1.165, 1.54) is 0 Å². The minimum absolute atomic E-state index is 0.0860. The molecule has 0 aliphatic carbocycles. The van der Waals surface area contributed by atoms with Crippen LogP contribution in [0.1, 0.15) is 33.6 Å². The molecule has 0 atom stereocenters. The highest BCUT2D eigenvalue weighted by Gasteiger charge is 2.29. The Morgan fingerprint density at radius 1 is 1.36 bits per heavy atom. The van der Waals surface area contributed by atoms with Gasteiger partial charge in [-0.2, -0.15) is 0 Å². The highest BCUT2D eigenvalue weighted by atomic mass is 16.6. The topological polar surface area (TPSA) is 55.4 Å². The second-order valence-electron chi connectivity index (χ2n) is 3.71. The van der Waals surface area contributed by atoms with Crippen molar-refractivity contribution in [3.63, 3.8) is 0 Å². The summed E-state index contributed by atoms with van der Waals surface area (Å²) < 4.78 is 4.73. The van der Waals surface area contributed by atoms with Gasteiger partial charge in [0.1, 0.15) is 0 Å². The van der Waals surface area contributed by atoms with Gasteiger partial charge in [0.25, 0.3) is 5.91 Å². The lowest BCUT2D eigenvalue weighted by atomic mass is 9.84. The lowest BCUT2D eigenvalue weighted by molar-refractivity contribution is -0.116. The number of hydrogen-bond acceptors (Lipinski definition) is 3. The molecule has 78 valence electrons. The van der Waals surface area contributed by atoms with Gasteiger partial charge in [0.05, 0.1) is 0 Å². The second-order valence-corrected chi connectivity index (χ2v) is 3.71. The molecule has 0 unspecified atom stereocenters. The molecule has 0 saturated carbocycles. The minimum Gasteiger partial charge on any atom is -0.404 e. The van der Waals surface area contributed by atoms with E-state index in [2.05, 4.69) is 5.32 Å². The van der Waals surface area contributed by atoms with Crippen molar-refractivity contribution < 1.29 is 14.3 Å². The molecule has 1 N–H and O–H groups in total. The number of hydrogen-bond donors (Lipinski definition) is 1. The summed E-state index contributed by atoms with van der Waals surface area (Å²) in [6.07, 6.45) is 2.85. The third-order valence-corrected chi connectivity index (χ3v) is 2.74. The van der Waals surface area contributed by atoms with Crippen molar-refractivity contribution in [2.75, 3.05) is 0 Å². The van der Waals surface area contributed by atoms with Crippen LogP contribution in [0, 0.1) is 5.41 Å². The number of amides is 2. The molecular weight excluding hydrogens is 182 g/mol. The van der Waals surface area contributed by atoms with E-state index in [9.17, 15) is 9.59 Å². The SMILES string of the molecule is CCC(C)(/C=C1\OC(=O)NC1=O)CC. The highest BCUT2D eigenvalue weighted by Crippen LogP contribution is 2.29. The summed E-state index contributed by atoms with van der Waals surface area (Å²) >= 11 is 0. The van der Waals surface area contributed by atoms with E-state index in [-0.39, 0.29) is 11.2 Å². The van der Waals surface area contributed by atoms with Gasteiger partial charge in [-0.3, -0.25) is 10.1 Å². The van der Waals surface area contributed by atoms with Crippen molar-refractivity contribution >= 4 is 12.0 Å². The first-order valence-electron chi connectivity index (χ1n) is 4.77. The summed E-state index contributed by atoms with van der Waals surface area (Å²) in [5, 5.41) is 2.07. The Kier molecular flexibility index (Phi) is 2.93. The van der Waals surface area contributed by atoms with E-state index in [4.69, 9.17) is 4.74 Å². The smallest absolute Gasteiger partial charge is 0.404 e. The summed E-state index contributed by atoms with van der Waals surface area (Å²) in [5.74, 6) is -0.315. The summed E-state index contributed by atoms with van der Waals surface area (Å²) in [4.78, 5) is 21.9. The van der Waals surface area contributed by atoms with Crippen LogP contribution in [-0.4, -0.2) is 12.0 Å². The predicted octanol–water partition coefficient (Wildman–Crippen LogP) is 1.96. The van der Waals surface area contributed by atoms with Crippen LogP contribution >= 0.6 is 0 Å². The molecule has 1 fully saturated rings. The standard InChI is InChI=1S/C10H15NO3/c1-4-10(3,5-2)6-7-8(12)11-9(13)14-7/h6H,4-5H2,1-3H3,(H,11,12,13)/b7-6-. The number of cyclic esters (lactones) is 1. The van der Waals surface area contributed by atoms with Crippen molar-refractivity contribution in [3.8, 4) is 0 Å². The van der Waals surface area contributed by atoms with Crippen molar-refractivity contribution in [1.29, 1.82) is 0 Å². The van der Waals surface area contributed by atoms with Gasteiger partial charge in [-0.15, -0.1) is 0 Å². The lowest BCUT2D eigenvalue weighted by Crippen LogP contribution is -2.19. The Balaban J connectivity index is 2.87. The summed E-state index contributed by atoms with van der Waals surface area (Å²) in [5.41, 5.74) is -0.0860. The quantitative estimate of drug-likeness (QED) is 0.703. The Hall–Kier alpha value is -1.32. The first-order valence-corrected chi connectivity index (χ1v) is 4.77. The van der Waals surface area contributed by atoms with E-state index in [1.54, 1.807) is 6.08 Å². The average molecular weight is 197 g/mol. The third kappa shape index (κ3) is 2.13. The molecule has 0 aromatic rings. The molecule has 1 aliphatic rings. The summed E-state index contributed by atoms with van der Waals surface area (Å²) in [6, 6.07) is 0. The molecule has 0 aromatic carbocycles. The molecular formula is C10H15NO3. The largest absolute Gasteiger partial charge is 0.419 e. The van der Waals surface area contributed by atoms with E-state index >= 15 is 0 Å². The lowest BCUT2D eigenvalue weighted by Gasteiger charge is -2.21. The fraction of sp³-hybridized carbons (Fsp3) is 0.600. The second kappa shape index (κ2) is 3.82. The van der Waals surface area contributed by atoms with Crippen LogP contribution in [0.2, 0.25) is 0 Å². The van der Waals surface area contributed by atoms with Gasteiger partial charge in [0.2, 0.25) is 0 Å². The minimum atomic E-state index is -0.684. The van der Waals surface area contributed by atoms with E-state index < -0.39 is 12.0 Å². The van der Waals surface area contributed by atoms with Crippen LogP contribution in [0.4, 0.5) is 4.79 Å². The van der Waals surface area contributed by atoms with Gasteiger partial charge in [-0.05, 0) is 24.3 Å². The fourth-order valence-corrected chi connectivity index (χ4v) is 1.19. The Bertz CT molecular complexity index is 290. The van der Waals surface area contributed by atoms with Crippen LogP contribution in [0.25, 0.3) is 0 Å². The van der Waals surface area contributed by atoms with Gasteiger partial charge >= 0.3 is 6.09 Å². The van der Waals surface area contributed by atoms with Crippen molar-refractivity contribution in [1.82, 2.24) is 5.32 Å². The predicted molar refractivity (Wildman–Crippen MR) is 51.4 cm³/mol. The fourth-order valence-electron chi connectivity index (χ4n) is 1.19. The molecule has 2 amide bonds. The molecule has 4 heteroatoms. The average Bonchev–Trinajstić information content (AvgIpc) is 2.45. The number of alkyl carbamates (subject to hydrolysis) is 1. The van der Waals surface area contributed by atoms with E-state index in [1.807, 2.05) is 20.8 Å². The van der Waals surface area contributed by atoms with E-state index in [0.717, 1.165) is 12.8 Å². The van der Waals surface area contributed by atoms with Gasteiger partial charge in [0.15, 0.2) is 5.76 Å². The maximum Gasteiger partial charge on any atom is 0.419 e. The van der Waals surface area contributed by atoms with Crippen LogP contribution in [0.5, 0.6) is 0 Å². The van der Waals surface area contributed by atoms with Crippen molar-refractivity contribution in [2.24, 2.45) is 5.41 Å². The molecule has 14 heavy (non-hydrogen) atoms. The number of allylic oxidation sites excluding steroid dienone is 1. The number of nitrogens with one attached hydrogen (secondary N) is 1. The third-order valence-electron chi connectivity index (χ3n) is 2.74. The molecule has 1 heterocycles. The van der Waals surface area contributed by atoms with Crippen molar-refractivity contribution in [3.05, 3.63) is 11.8 Å². The van der Waals surface area contributed by atoms with E-state index in [0.29, 0.717) is 0 Å². The Labute approximate surface area is 83.3 Å². The summed E-state index contributed by atoms with van der Waals surface area (Å²) in [6.45, 7) is 6.10. The number of ether oxygens (including phenoxy) is 1. The number of rotatable bonds is 3. The zero-order valence-electron chi connectivity index (χ0n) is 8.72. The zero-order valence-corrected chi connectivity index (χ0v) is 8.72. The first-order chi connectivity index (χ1) is 6.50. The van der Waals surface area contributed by atoms with Gasteiger partial charge in [-0.25, -0.2) is 4.79 Å². The van der Waals surface area contributed by atoms with Crippen LogP contribution in [0.3, 0.4) is 0 Å². The molecule has 4 nitrogen and oxygen atoms in total. The maximum absolute atomic E-state index is 11.2. The Morgan fingerprint density at radius 2 is 1.93 bits per heavy atom. The van der Waals surface area contributed by atoms with Crippen LogP contribution in [-0.2, 0) is 9.53 Å². The molecule has 0 radical (unpaired) electrons. The normalized spacial score (nSPS) is 19.8.